The van der Waals surface area contributed by atoms with Gasteiger partial charge in [0, 0.05) is 0 Å². The fraction of sp³-hybridized carbons (Fsp3) is 0.917. The second-order valence-electron chi connectivity index (χ2n) is 6.36. The minimum absolute atomic E-state index is 0.321. The van der Waals surface area contributed by atoms with Crippen LogP contribution in [-0.4, -0.2) is 11.1 Å². The van der Waals surface area contributed by atoms with Crippen LogP contribution in [0, 0.1) is 22.7 Å². The van der Waals surface area contributed by atoms with Gasteiger partial charge < -0.3 is 5.11 Å². The molecule has 4 aliphatic rings. The summed E-state index contributed by atoms with van der Waals surface area (Å²) in [6.45, 7) is 2.31. The van der Waals surface area contributed by atoms with Crippen molar-refractivity contribution in [3.05, 3.63) is 0 Å². The second-order valence-corrected chi connectivity index (χ2v) is 6.36. The lowest BCUT2D eigenvalue weighted by Crippen LogP contribution is -2.53. The summed E-state index contributed by atoms with van der Waals surface area (Å²) >= 11 is 0. The summed E-state index contributed by atoms with van der Waals surface area (Å²) in [6.07, 6.45) is 6.77. The van der Waals surface area contributed by atoms with Gasteiger partial charge in [-0.05, 0) is 55.8 Å². The Balaban J connectivity index is 2.00. The largest absolute Gasteiger partial charge is 0.481 e. The van der Waals surface area contributed by atoms with Gasteiger partial charge >= 0.3 is 5.97 Å². The second kappa shape index (κ2) is 2.34. The maximum Gasteiger partial charge on any atom is 0.309 e. The summed E-state index contributed by atoms with van der Waals surface area (Å²) in [4.78, 5) is 11.4. The van der Waals surface area contributed by atoms with Gasteiger partial charge in [0.05, 0.1) is 5.41 Å². The summed E-state index contributed by atoms with van der Waals surface area (Å²) in [7, 11) is 0. The van der Waals surface area contributed by atoms with Crippen LogP contribution in [0.5, 0.6) is 0 Å². The molecule has 2 heteroatoms. The molecule has 14 heavy (non-hydrogen) atoms. The van der Waals surface area contributed by atoms with Gasteiger partial charge in [0.2, 0.25) is 0 Å². The molecule has 0 saturated heterocycles. The Morgan fingerprint density at radius 1 is 1.21 bits per heavy atom. The highest BCUT2D eigenvalue weighted by atomic mass is 16.4. The van der Waals surface area contributed by atoms with E-state index in [0.717, 1.165) is 31.1 Å². The van der Waals surface area contributed by atoms with E-state index in [-0.39, 0.29) is 5.41 Å². The van der Waals surface area contributed by atoms with Crippen LogP contribution in [0.1, 0.15) is 45.4 Å². The fourth-order valence-electron chi connectivity index (χ4n) is 4.97. The average molecular weight is 194 g/mol. The number of carboxylic acids is 1. The third kappa shape index (κ3) is 0.999. The summed E-state index contributed by atoms with van der Waals surface area (Å²) < 4.78 is 0. The van der Waals surface area contributed by atoms with Crippen molar-refractivity contribution in [3.63, 3.8) is 0 Å². The number of hydrogen-bond acceptors (Lipinski definition) is 1. The van der Waals surface area contributed by atoms with Crippen molar-refractivity contribution >= 4 is 5.97 Å². The first-order valence-electron chi connectivity index (χ1n) is 5.75. The number of carboxylic acid groups (broad SMARTS) is 1. The molecular formula is C12H18O2. The molecule has 78 valence electrons. The summed E-state index contributed by atoms with van der Waals surface area (Å²) in [5, 5.41) is 9.39. The van der Waals surface area contributed by atoms with Gasteiger partial charge in [0.25, 0.3) is 0 Å². The van der Waals surface area contributed by atoms with Crippen molar-refractivity contribution in [1.82, 2.24) is 0 Å². The van der Waals surface area contributed by atoms with Gasteiger partial charge in [-0.3, -0.25) is 4.79 Å². The Labute approximate surface area is 84.7 Å². The molecule has 2 unspecified atom stereocenters. The molecule has 4 bridgehead atoms. The highest BCUT2D eigenvalue weighted by Crippen LogP contribution is 2.65. The molecular weight excluding hydrogens is 176 g/mol. The van der Waals surface area contributed by atoms with Crippen LogP contribution in [0.15, 0.2) is 0 Å². The number of aliphatic carboxylic acids is 1. The molecule has 0 aliphatic heterocycles. The van der Waals surface area contributed by atoms with Crippen molar-refractivity contribution in [2.24, 2.45) is 22.7 Å². The van der Waals surface area contributed by atoms with Crippen LogP contribution in [0.2, 0.25) is 0 Å². The molecule has 4 aliphatic carbocycles. The van der Waals surface area contributed by atoms with Gasteiger partial charge in [-0.15, -0.1) is 0 Å². The van der Waals surface area contributed by atoms with Crippen molar-refractivity contribution in [3.8, 4) is 0 Å². The van der Waals surface area contributed by atoms with Crippen LogP contribution in [-0.2, 0) is 4.79 Å². The van der Waals surface area contributed by atoms with Gasteiger partial charge in [0.1, 0.15) is 0 Å². The van der Waals surface area contributed by atoms with E-state index in [9.17, 15) is 9.90 Å². The smallest absolute Gasteiger partial charge is 0.309 e. The highest BCUT2D eigenvalue weighted by molar-refractivity contribution is 5.75. The van der Waals surface area contributed by atoms with Crippen molar-refractivity contribution < 1.29 is 9.90 Å². The SMILES string of the molecule is CC12CC3CC(C1)CC(C(=O)O)(C3)C2. The van der Waals surface area contributed by atoms with Crippen molar-refractivity contribution in [2.75, 3.05) is 0 Å². The van der Waals surface area contributed by atoms with Crippen LogP contribution >= 0.6 is 0 Å². The third-order valence-electron chi connectivity index (χ3n) is 4.81. The van der Waals surface area contributed by atoms with E-state index < -0.39 is 5.97 Å². The first kappa shape index (κ1) is 8.75. The highest BCUT2D eigenvalue weighted by Gasteiger charge is 2.58. The molecule has 0 aromatic carbocycles. The van der Waals surface area contributed by atoms with E-state index >= 15 is 0 Å². The molecule has 0 aromatic rings. The number of hydrogen-bond donors (Lipinski definition) is 1. The Kier molecular flexibility index (Phi) is 1.46. The lowest BCUT2D eigenvalue weighted by Gasteiger charge is -2.59. The number of rotatable bonds is 1. The lowest BCUT2D eigenvalue weighted by atomic mass is 9.45. The Hall–Kier alpha value is -0.530. The lowest BCUT2D eigenvalue weighted by molar-refractivity contribution is -0.172. The Bertz CT molecular complexity index is 281. The molecule has 4 saturated carbocycles. The summed E-state index contributed by atoms with van der Waals surface area (Å²) in [5.74, 6) is 0.924. The first-order chi connectivity index (χ1) is 6.51. The minimum Gasteiger partial charge on any atom is -0.481 e. The van der Waals surface area contributed by atoms with E-state index in [0.29, 0.717) is 5.41 Å². The van der Waals surface area contributed by atoms with Gasteiger partial charge in [-0.25, -0.2) is 0 Å². The third-order valence-corrected chi connectivity index (χ3v) is 4.81. The fourth-order valence-corrected chi connectivity index (χ4v) is 4.97. The zero-order valence-corrected chi connectivity index (χ0v) is 8.75. The van der Waals surface area contributed by atoms with Crippen molar-refractivity contribution in [1.29, 1.82) is 0 Å². The van der Waals surface area contributed by atoms with Crippen LogP contribution in [0.4, 0.5) is 0 Å². The van der Waals surface area contributed by atoms with E-state index in [2.05, 4.69) is 6.92 Å². The quantitative estimate of drug-likeness (QED) is 0.696. The van der Waals surface area contributed by atoms with Gasteiger partial charge in [0.15, 0.2) is 0 Å². The maximum absolute atomic E-state index is 11.4. The molecule has 0 heterocycles. The zero-order valence-electron chi connectivity index (χ0n) is 8.75. The van der Waals surface area contributed by atoms with E-state index in [1.54, 1.807) is 0 Å². The molecule has 4 fully saturated rings. The topological polar surface area (TPSA) is 37.3 Å². The molecule has 0 amide bonds. The maximum atomic E-state index is 11.4. The van der Waals surface area contributed by atoms with Gasteiger partial charge in [-0.2, -0.15) is 0 Å². The normalized spacial score (nSPS) is 54.9. The van der Waals surface area contributed by atoms with Crippen LogP contribution < -0.4 is 0 Å². The molecule has 0 aromatic heterocycles. The summed E-state index contributed by atoms with van der Waals surface area (Å²) in [6, 6.07) is 0. The van der Waals surface area contributed by atoms with E-state index in [4.69, 9.17) is 0 Å². The van der Waals surface area contributed by atoms with E-state index in [1.807, 2.05) is 0 Å². The van der Waals surface area contributed by atoms with E-state index in [1.165, 1.54) is 19.3 Å². The molecule has 2 nitrogen and oxygen atoms in total. The average Bonchev–Trinajstić information content (AvgIpc) is 1.98. The predicted octanol–water partition coefficient (Wildman–Crippen LogP) is 2.68. The first-order valence-corrected chi connectivity index (χ1v) is 5.75. The minimum atomic E-state index is -0.516. The predicted molar refractivity (Wildman–Crippen MR) is 52.9 cm³/mol. The Morgan fingerprint density at radius 3 is 2.21 bits per heavy atom. The molecule has 2 atom stereocenters. The van der Waals surface area contributed by atoms with Crippen LogP contribution in [0.25, 0.3) is 0 Å². The van der Waals surface area contributed by atoms with Gasteiger partial charge in [-0.1, -0.05) is 6.92 Å². The van der Waals surface area contributed by atoms with Crippen LogP contribution in [0.3, 0.4) is 0 Å². The molecule has 4 rings (SSSR count). The standard InChI is InChI=1S/C12H18O2/c1-11-3-8-2-9(4-11)6-12(5-8,7-11)10(13)14/h8-9H,2-7H2,1H3,(H,13,14). The Morgan fingerprint density at radius 2 is 1.79 bits per heavy atom. The molecule has 0 radical (unpaired) electrons. The zero-order chi connectivity index (χ0) is 9.97. The summed E-state index contributed by atoms with van der Waals surface area (Å²) in [5.41, 5.74) is 0.0430. The van der Waals surface area contributed by atoms with Crippen molar-refractivity contribution in [2.45, 2.75) is 45.4 Å². The molecule has 1 N–H and O–H groups in total. The number of carbonyl (C=O) groups is 1. The molecule has 0 spiro atoms. The monoisotopic (exact) mass is 194 g/mol.